The maximum Gasteiger partial charge on any atom is 0.436 e. The van der Waals surface area contributed by atoms with Crippen LogP contribution in [0.3, 0.4) is 0 Å². The molecule has 0 bridgehead atoms. The Morgan fingerprint density at radius 2 is 2.04 bits per heavy atom. The number of morpholine rings is 1. The van der Waals surface area contributed by atoms with Gasteiger partial charge in [0.2, 0.25) is 5.91 Å². The smallest absolute Gasteiger partial charge is 0.379 e. The first-order chi connectivity index (χ1) is 11.2. The number of nitrogens with one attached hydrogen (secondary N) is 1. The number of carbonyl (C=O) groups is 1. The summed E-state index contributed by atoms with van der Waals surface area (Å²) in [6.45, 7) is 6.49. The molecule has 24 heavy (non-hydrogen) atoms. The highest BCUT2D eigenvalue weighted by molar-refractivity contribution is 6.32. The monoisotopic (exact) mass is 368 g/mol. The summed E-state index contributed by atoms with van der Waals surface area (Å²) in [6, 6.07) is -0.135. The Hall–Kier alpha value is -1.32. The molecule has 2 rings (SSSR count). The summed E-state index contributed by atoms with van der Waals surface area (Å²) in [5, 5.41) is 5.70. The number of rotatable bonds is 5. The van der Waals surface area contributed by atoms with Crippen LogP contribution in [-0.2, 0) is 22.3 Å². The number of alkyl halides is 3. The summed E-state index contributed by atoms with van der Waals surface area (Å²) in [7, 11) is 0. The quantitative estimate of drug-likeness (QED) is 0.859. The van der Waals surface area contributed by atoms with Crippen molar-refractivity contribution in [1.29, 1.82) is 0 Å². The lowest BCUT2D eigenvalue weighted by atomic mass is 10.3. The topological polar surface area (TPSA) is 59.4 Å². The predicted molar refractivity (Wildman–Crippen MR) is 81.8 cm³/mol. The minimum atomic E-state index is -4.65. The normalized spacial score (nSPS) is 17.8. The number of aromatic nitrogens is 2. The second-order valence-corrected chi connectivity index (χ2v) is 6.16. The molecule has 0 aromatic carbocycles. The molecule has 1 fully saturated rings. The van der Waals surface area contributed by atoms with Crippen molar-refractivity contribution >= 4 is 17.5 Å². The van der Waals surface area contributed by atoms with Gasteiger partial charge < -0.3 is 10.1 Å². The van der Waals surface area contributed by atoms with Gasteiger partial charge in [0.05, 0.1) is 23.9 Å². The lowest BCUT2D eigenvalue weighted by molar-refractivity contribution is -0.141. The summed E-state index contributed by atoms with van der Waals surface area (Å²) in [5.41, 5.74) is -1.06. The molecule has 6 nitrogen and oxygen atoms in total. The number of halogens is 4. The molecule has 0 saturated carbocycles. The lowest BCUT2D eigenvalue weighted by Gasteiger charge is -2.29. The summed E-state index contributed by atoms with van der Waals surface area (Å²) in [5.74, 6) is -0.410. The predicted octanol–water partition coefficient (Wildman–Crippen LogP) is 1.70. The van der Waals surface area contributed by atoms with E-state index >= 15 is 0 Å². The Morgan fingerprint density at radius 1 is 1.42 bits per heavy atom. The van der Waals surface area contributed by atoms with Crippen molar-refractivity contribution in [1.82, 2.24) is 20.0 Å². The zero-order valence-electron chi connectivity index (χ0n) is 13.5. The number of amides is 1. The van der Waals surface area contributed by atoms with E-state index in [1.165, 1.54) is 6.92 Å². The van der Waals surface area contributed by atoms with Crippen LogP contribution in [0, 0.1) is 6.92 Å². The molecule has 0 radical (unpaired) electrons. The van der Waals surface area contributed by atoms with Crippen molar-refractivity contribution in [2.24, 2.45) is 0 Å². The van der Waals surface area contributed by atoms with E-state index in [2.05, 4.69) is 15.3 Å². The fourth-order valence-corrected chi connectivity index (χ4v) is 2.78. The van der Waals surface area contributed by atoms with Crippen LogP contribution in [0.15, 0.2) is 0 Å². The number of ether oxygens (including phenoxy) is 1. The Bertz CT molecular complexity index is 585. The Kier molecular flexibility index (Phi) is 6.11. The first-order valence-corrected chi connectivity index (χ1v) is 7.96. The highest BCUT2D eigenvalue weighted by atomic mass is 35.5. The highest BCUT2D eigenvalue weighted by Gasteiger charge is 2.38. The molecule has 0 unspecified atom stereocenters. The van der Waals surface area contributed by atoms with E-state index in [1.54, 1.807) is 0 Å². The third kappa shape index (κ3) is 4.84. The summed E-state index contributed by atoms with van der Waals surface area (Å²) in [6.07, 6.45) is -4.65. The van der Waals surface area contributed by atoms with Crippen molar-refractivity contribution in [3.05, 3.63) is 16.4 Å². The average molecular weight is 369 g/mol. The molecule has 1 aliphatic heterocycles. The largest absolute Gasteiger partial charge is 0.436 e. The maximum absolute atomic E-state index is 12.8. The molecule has 1 atom stereocenters. The van der Waals surface area contributed by atoms with Crippen molar-refractivity contribution in [3.8, 4) is 0 Å². The van der Waals surface area contributed by atoms with E-state index in [-0.39, 0.29) is 18.3 Å². The van der Waals surface area contributed by atoms with E-state index in [4.69, 9.17) is 16.3 Å². The average Bonchev–Trinajstić information content (AvgIpc) is 2.76. The molecule has 0 spiro atoms. The van der Waals surface area contributed by atoms with Gasteiger partial charge in [-0.2, -0.15) is 18.3 Å². The molecule has 136 valence electrons. The van der Waals surface area contributed by atoms with Gasteiger partial charge in [0, 0.05) is 25.7 Å². The first-order valence-electron chi connectivity index (χ1n) is 7.58. The van der Waals surface area contributed by atoms with Gasteiger partial charge in [-0.05, 0) is 13.8 Å². The van der Waals surface area contributed by atoms with Crippen LogP contribution in [0.5, 0.6) is 0 Å². The van der Waals surface area contributed by atoms with Crippen LogP contribution < -0.4 is 5.32 Å². The van der Waals surface area contributed by atoms with E-state index < -0.39 is 22.8 Å². The van der Waals surface area contributed by atoms with Gasteiger partial charge in [-0.25, -0.2) is 0 Å². The van der Waals surface area contributed by atoms with E-state index in [0.717, 1.165) is 17.8 Å². The molecular formula is C14H20ClF3N4O2. The number of nitrogens with zero attached hydrogens (tertiary/aromatic N) is 3. The lowest BCUT2D eigenvalue weighted by Crippen LogP contribution is -2.46. The van der Waals surface area contributed by atoms with Crippen molar-refractivity contribution in [2.75, 3.05) is 32.8 Å². The van der Waals surface area contributed by atoms with Gasteiger partial charge >= 0.3 is 6.18 Å². The summed E-state index contributed by atoms with van der Waals surface area (Å²) >= 11 is 5.66. The second kappa shape index (κ2) is 7.71. The zero-order chi connectivity index (χ0) is 17.9. The van der Waals surface area contributed by atoms with Gasteiger partial charge in [0.25, 0.3) is 0 Å². The van der Waals surface area contributed by atoms with Crippen molar-refractivity contribution in [3.63, 3.8) is 0 Å². The summed E-state index contributed by atoms with van der Waals surface area (Å²) < 4.78 is 44.5. The third-order valence-electron chi connectivity index (χ3n) is 3.74. The zero-order valence-corrected chi connectivity index (χ0v) is 14.2. The van der Waals surface area contributed by atoms with Crippen molar-refractivity contribution < 1.29 is 22.7 Å². The van der Waals surface area contributed by atoms with Crippen LogP contribution in [-0.4, -0.2) is 59.5 Å². The van der Waals surface area contributed by atoms with Crippen LogP contribution in [0.4, 0.5) is 13.2 Å². The molecule has 0 aliphatic carbocycles. The summed E-state index contributed by atoms with van der Waals surface area (Å²) in [4.78, 5) is 14.2. The van der Waals surface area contributed by atoms with Crippen LogP contribution >= 0.6 is 11.6 Å². The molecule has 1 aliphatic rings. The van der Waals surface area contributed by atoms with E-state index in [0.29, 0.717) is 19.8 Å². The molecule has 1 N–H and O–H groups in total. The van der Waals surface area contributed by atoms with E-state index in [1.807, 2.05) is 6.92 Å². The minimum Gasteiger partial charge on any atom is -0.379 e. The molecule has 1 aromatic rings. The molecule has 1 amide bonds. The second-order valence-electron chi connectivity index (χ2n) is 5.78. The first kappa shape index (κ1) is 19.0. The van der Waals surface area contributed by atoms with Gasteiger partial charge in [-0.1, -0.05) is 11.6 Å². The van der Waals surface area contributed by atoms with Gasteiger partial charge in [-0.3, -0.25) is 14.4 Å². The number of hydrogen-bond donors (Lipinski definition) is 1. The SMILES string of the molecule is Cc1c(Cl)c(C(F)(F)F)nn1CC(=O)N[C@@H](C)CN1CCOCC1. The Morgan fingerprint density at radius 3 is 2.58 bits per heavy atom. The standard InChI is InChI=1S/C14H20ClF3N4O2/c1-9(7-21-3-5-24-6-4-21)19-11(23)8-22-10(2)12(15)13(20-22)14(16,17)18/h9H,3-8H2,1-2H3,(H,19,23)/t9-/m0/s1. The third-order valence-corrected chi connectivity index (χ3v) is 4.19. The molecule has 1 aromatic heterocycles. The Labute approximate surface area is 142 Å². The highest BCUT2D eigenvalue weighted by Crippen LogP contribution is 2.35. The molecule has 1 saturated heterocycles. The molecule has 10 heteroatoms. The van der Waals surface area contributed by atoms with Gasteiger partial charge in [0.15, 0.2) is 5.69 Å². The van der Waals surface area contributed by atoms with Crippen molar-refractivity contribution in [2.45, 2.75) is 32.6 Å². The Balaban J connectivity index is 1.92. The van der Waals surface area contributed by atoms with Crippen LogP contribution in [0.1, 0.15) is 18.3 Å². The molecular weight excluding hydrogens is 349 g/mol. The van der Waals surface area contributed by atoms with Gasteiger partial charge in [0.1, 0.15) is 6.54 Å². The van der Waals surface area contributed by atoms with E-state index in [9.17, 15) is 18.0 Å². The van der Waals surface area contributed by atoms with Gasteiger partial charge in [-0.15, -0.1) is 0 Å². The molecule has 2 heterocycles. The number of carbonyl (C=O) groups excluding carboxylic acids is 1. The minimum absolute atomic E-state index is 0.111. The van der Waals surface area contributed by atoms with Crippen LogP contribution in [0.25, 0.3) is 0 Å². The number of hydrogen-bond acceptors (Lipinski definition) is 4. The fraction of sp³-hybridized carbons (Fsp3) is 0.714. The van der Waals surface area contributed by atoms with Crippen LogP contribution in [0.2, 0.25) is 5.02 Å². The fourth-order valence-electron chi connectivity index (χ4n) is 2.53. The maximum atomic E-state index is 12.8.